The Labute approximate surface area is 178 Å². The second-order valence-corrected chi connectivity index (χ2v) is 8.05. The number of hydrogen-bond acceptors (Lipinski definition) is 5. The third-order valence-corrected chi connectivity index (χ3v) is 5.98. The first-order chi connectivity index (χ1) is 15.2. The van der Waals surface area contributed by atoms with Crippen molar-refractivity contribution < 1.29 is 4.39 Å². The van der Waals surface area contributed by atoms with E-state index >= 15 is 0 Å². The standard InChI is InChI=1S/C23H25FN6O/c24-16-8-9-17-20(15-16)27-28-22(17)30-13-11-29(12-14-30)10-4-3-7-21-25-19-6-2-1-5-18(19)23(31)26-21/h1-2,5-6,8-9,15H,3-4,7,10-14H2,(H,27,28)(H,25,26,31). The fraction of sp³-hybridized carbons (Fsp3) is 0.348. The quantitative estimate of drug-likeness (QED) is 0.469. The van der Waals surface area contributed by atoms with E-state index in [-0.39, 0.29) is 11.4 Å². The highest BCUT2D eigenvalue weighted by atomic mass is 19.1. The Kier molecular flexibility index (Phi) is 5.38. The zero-order chi connectivity index (χ0) is 21.2. The minimum absolute atomic E-state index is 0.0645. The Morgan fingerprint density at radius 3 is 2.71 bits per heavy atom. The summed E-state index contributed by atoms with van der Waals surface area (Å²) in [6, 6.07) is 12.2. The van der Waals surface area contributed by atoms with Crippen molar-refractivity contribution in [1.29, 1.82) is 0 Å². The number of unbranched alkanes of at least 4 members (excludes halogenated alkanes) is 1. The van der Waals surface area contributed by atoms with Crippen LogP contribution in [0.2, 0.25) is 0 Å². The number of nitrogens with one attached hydrogen (secondary N) is 2. The molecule has 0 bridgehead atoms. The van der Waals surface area contributed by atoms with Gasteiger partial charge in [-0.25, -0.2) is 9.37 Å². The summed E-state index contributed by atoms with van der Waals surface area (Å²) in [5.74, 6) is 1.41. The number of H-pyrrole nitrogens is 2. The lowest BCUT2D eigenvalue weighted by Crippen LogP contribution is -2.46. The van der Waals surface area contributed by atoms with Crippen LogP contribution in [0.1, 0.15) is 18.7 Å². The third kappa shape index (κ3) is 4.16. The second-order valence-electron chi connectivity index (χ2n) is 8.05. The van der Waals surface area contributed by atoms with Gasteiger partial charge < -0.3 is 9.88 Å². The summed E-state index contributed by atoms with van der Waals surface area (Å²) >= 11 is 0. The lowest BCUT2D eigenvalue weighted by Gasteiger charge is -2.35. The normalized spacial score (nSPS) is 15.2. The molecular formula is C23H25FN6O. The van der Waals surface area contributed by atoms with E-state index < -0.39 is 0 Å². The van der Waals surface area contributed by atoms with Crippen LogP contribution in [0.4, 0.5) is 10.2 Å². The molecule has 0 unspecified atom stereocenters. The molecule has 3 heterocycles. The lowest BCUT2D eigenvalue weighted by molar-refractivity contribution is 0.252. The van der Waals surface area contributed by atoms with Gasteiger partial charge in [0.2, 0.25) is 0 Å². The van der Waals surface area contributed by atoms with E-state index in [4.69, 9.17) is 0 Å². The average Bonchev–Trinajstić information content (AvgIpc) is 3.20. The number of benzene rings is 2. The molecule has 0 aliphatic carbocycles. The number of piperazine rings is 1. The number of aryl methyl sites for hydroxylation is 1. The van der Waals surface area contributed by atoms with Gasteiger partial charge in [-0.15, -0.1) is 0 Å². The molecule has 7 nitrogen and oxygen atoms in total. The van der Waals surface area contributed by atoms with Gasteiger partial charge in [0, 0.05) is 38.0 Å². The molecule has 1 aliphatic heterocycles. The van der Waals surface area contributed by atoms with Gasteiger partial charge in [-0.1, -0.05) is 12.1 Å². The van der Waals surface area contributed by atoms with Crippen molar-refractivity contribution in [3.05, 3.63) is 64.5 Å². The Morgan fingerprint density at radius 2 is 1.84 bits per heavy atom. The van der Waals surface area contributed by atoms with Crippen LogP contribution in [0.5, 0.6) is 0 Å². The Balaban J connectivity index is 1.11. The number of aromatic amines is 2. The average molecular weight is 420 g/mol. The molecule has 0 radical (unpaired) electrons. The minimum Gasteiger partial charge on any atom is -0.352 e. The number of aromatic nitrogens is 4. The molecule has 1 fully saturated rings. The molecule has 160 valence electrons. The van der Waals surface area contributed by atoms with Gasteiger partial charge in [-0.3, -0.25) is 14.8 Å². The van der Waals surface area contributed by atoms with E-state index in [1.807, 2.05) is 18.2 Å². The van der Waals surface area contributed by atoms with Crippen LogP contribution in [-0.4, -0.2) is 57.8 Å². The van der Waals surface area contributed by atoms with Gasteiger partial charge in [0.25, 0.3) is 5.56 Å². The number of hydrogen-bond donors (Lipinski definition) is 2. The van der Waals surface area contributed by atoms with Crippen LogP contribution in [0.3, 0.4) is 0 Å². The summed E-state index contributed by atoms with van der Waals surface area (Å²) in [7, 11) is 0. The minimum atomic E-state index is -0.254. The summed E-state index contributed by atoms with van der Waals surface area (Å²) in [6.45, 7) is 4.77. The van der Waals surface area contributed by atoms with Gasteiger partial charge in [0.1, 0.15) is 11.6 Å². The van der Waals surface area contributed by atoms with Crippen molar-refractivity contribution >= 4 is 27.6 Å². The molecular weight excluding hydrogens is 395 g/mol. The molecule has 4 aromatic rings. The molecule has 31 heavy (non-hydrogen) atoms. The molecule has 0 atom stereocenters. The van der Waals surface area contributed by atoms with Crippen molar-refractivity contribution in [3.8, 4) is 0 Å². The first-order valence-corrected chi connectivity index (χ1v) is 10.8. The van der Waals surface area contributed by atoms with Gasteiger partial charge in [0.15, 0.2) is 5.82 Å². The van der Waals surface area contributed by atoms with Crippen molar-refractivity contribution in [2.45, 2.75) is 19.3 Å². The van der Waals surface area contributed by atoms with Gasteiger partial charge in [-0.2, -0.15) is 5.10 Å². The van der Waals surface area contributed by atoms with E-state index in [0.717, 1.165) is 80.0 Å². The fourth-order valence-electron chi connectivity index (χ4n) is 4.28. The number of anilines is 1. The highest BCUT2D eigenvalue weighted by Crippen LogP contribution is 2.25. The largest absolute Gasteiger partial charge is 0.352 e. The summed E-state index contributed by atoms with van der Waals surface area (Å²) in [5.41, 5.74) is 1.43. The zero-order valence-electron chi connectivity index (χ0n) is 17.3. The molecule has 5 rings (SSSR count). The number of rotatable bonds is 6. The number of para-hydroxylation sites is 1. The zero-order valence-corrected chi connectivity index (χ0v) is 17.3. The molecule has 2 N–H and O–H groups in total. The summed E-state index contributed by atoms with van der Waals surface area (Å²) < 4.78 is 13.4. The highest BCUT2D eigenvalue weighted by Gasteiger charge is 2.20. The van der Waals surface area contributed by atoms with E-state index in [1.165, 1.54) is 12.1 Å². The Morgan fingerprint density at radius 1 is 1.00 bits per heavy atom. The SMILES string of the molecule is O=c1[nH]c(CCCCN2CCN(c3n[nH]c4cc(F)ccc34)CC2)nc2ccccc12. The van der Waals surface area contributed by atoms with Gasteiger partial charge in [0.05, 0.1) is 16.4 Å². The molecule has 2 aromatic carbocycles. The molecule has 0 spiro atoms. The Hall–Kier alpha value is -3.26. The lowest BCUT2D eigenvalue weighted by atomic mass is 10.2. The predicted molar refractivity (Wildman–Crippen MR) is 120 cm³/mol. The van der Waals surface area contributed by atoms with Crippen LogP contribution in [0, 0.1) is 5.82 Å². The van der Waals surface area contributed by atoms with E-state index in [2.05, 4.69) is 30.0 Å². The maximum Gasteiger partial charge on any atom is 0.258 e. The molecule has 1 saturated heterocycles. The van der Waals surface area contributed by atoms with E-state index in [0.29, 0.717) is 5.39 Å². The Bertz CT molecular complexity index is 1260. The van der Waals surface area contributed by atoms with Crippen molar-refractivity contribution in [1.82, 2.24) is 25.1 Å². The summed E-state index contributed by atoms with van der Waals surface area (Å²) in [6.07, 6.45) is 2.81. The van der Waals surface area contributed by atoms with Crippen LogP contribution in [0.15, 0.2) is 47.3 Å². The third-order valence-electron chi connectivity index (χ3n) is 5.98. The molecule has 0 saturated carbocycles. The van der Waals surface area contributed by atoms with Crippen molar-refractivity contribution in [3.63, 3.8) is 0 Å². The van der Waals surface area contributed by atoms with E-state index in [1.54, 1.807) is 12.1 Å². The summed E-state index contributed by atoms with van der Waals surface area (Å²) in [5, 5.41) is 8.94. The van der Waals surface area contributed by atoms with Gasteiger partial charge >= 0.3 is 0 Å². The van der Waals surface area contributed by atoms with Crippen molar-refractivity contribution in [2.24, 2.45) is 0 Å². The van der Waals surface area contributed by atoms with Crippen LogP contribution < -0.4 is 10.5 Å². The monoisotopic (exact) mass is 420 g/mol. The van der Waals surface area contributed by atoms with Crippen LogP contribution in [0.25, 0.3) is 21.8 Å². The maximum absolute atomic E-state index is 13.4. The molecule has 8 heteroatoms. The summed E-state index contributed by atoms with van der Waals surface area (Å²) in [4.78, 5) is 24.4. The topological polar surface area (TPSA) is 80.9 Å². The smallest absolute Gasteiger partial charge is 0.258 e. The van der Waals surface area contributed by atoms with E-state index in [9.17, 15) is 9.18 Å². The molecule has 1 aliphatic rings. The maximum atomic E-state index is 13.4. The number of nitrogens with zero attached hydrogens (tertiary/aromatic N) is 4. The second kappa shape index (κ2) is 8.47. The highest BCUT2D eigenvalue weighted by molar-refractivity contribution is 5.90. The van der Waals surface area contributed by atoms with Crippen molar-refractivity contribution in [2.75, 3.05) is 37.6 Å². The molecule has 2 aromatic heterocycles. The number of halogens is 1. The van der Waals surface area contributed by atoms with Gasteiger partial charge in [-0.05, 0) is 49.7 Å². The number of fused-ring (bicyclic) bond motifs is 2. The van der Waals surface area contributed by atoms with Crippen LogP contribution in [-0.2, 0) is 6.42 Å². The molecule has 0 amide bonds. The van der Waals surface area contributed by atoms with Crippen LogP contribution >= 0.6 is 0 Å². The first kappa shape index (κ1) is 19.7. The fourth-order valence-corrected chi connectivity index (χ4v) is 4.28. The first-order valence-electron chi connectivity index (χ1n) is 10.8. The predicted octanol–water partition coefficient (Wildman–Crippen LogP) is 3.08.